The van der Waals surface area contributed by atoms with Crippen LogP contribution >= 0.6 is 0 Å². The molecule has 1 saturated heterocycles. The van der Waals surface area contributed by atoms with Crippen molar-refractivity contribution in [1.29, 1.82) is 0 Å². The van der Waals surface area contributed by atoms with Crippen LogP contribution in [0.15, 0.2) is 0 Å². The number of likely N-dealkylation sites (N-methyl/N-ethyl adjacent to an activating group) is 1. The quantitative estimate of drug-likeness (QED) is 0.650. The molecule has 3 nitrogen and oxygen atoms in total. The minimum Gasteiger partial charge on any atom is -0.382 e. The van der Waals surface area contributed by atoms with Crippen LogP contribution in [0.3, 0.4) is 0 Å². The summed E-state index contributed by atoms with van der Waals surface area (Å²) in [4.78, 5) is 2.57. The first kappa shape index (κ1) is 12.9. The Morgan fingerprint density at radius 3 is 3.00 bits per heavy atom. The second-order valence-corrected chi connectivity index (χ2v) is 4.25. The van der Waals surface area contributed by atoms with Gasteiger partial charge in [-0.1, -0.05) is 6.92 Å². The van der Waals surface area contributed by atoms with Crippen LogP contribution in [-0.2, 0) is 4.74 Å². The molecule has 1 N–H and O–H groups in total. The monoisotopic (exact) mass is 214 g/mol. The zero-order chi connectivity index (χ0) is 10.9. The van der Waals surface area contributed by atoms with Crippen LogP contribution in [0.2, 0.25) is 0 Å². The van der Waals surface area contributed by atoms with Crippen molar-refractivity contribution in [2.24, 2.45) is 0 Å². The Morgan fingerprint density at radius 1 is 1.40 bits per heavy atom. The van der Waals surface area contributed by atoms with Gasteiger partial charge in [-0.05, 0) is 39.3 Å². The molecule has 0 bridgehead atoms. The molecular weight excluding hydrogens is 188 g/mol. The first-order chi connectivity index (χ1) is 7.36. The predicted molar refractivity (Wildman–Crippen MR) is 64.2 cm³/mol. The first-order valence-corrected chi connectivity index (χ1v) is 6.40. The van der Waals surface area contributed by atoms with Gasteiger partial charge in [0.25, 0.3) is 0 Å². The van der Waals surface area contributed by atoms with E-state index in [9.17, 15) is 0 Å². The largest absolute Gasteiger partial charge is 0.382 e. The van der Waals surface area contributed by atoms with E-state index in [0.717, 1.165) is 25.8 Å². The van der Waals surface area contributed by atoms with Gasteiger partial charge in [0.2, 0.25) is 0 Å². The predicted octanol–water partition coefficient (Wildman–Crippen LogP) is 1.49. The van der Waals surface area contributed by atoms with Crippen molar-refractivity contribution >= 4 is 0 Å². The number of hydrogen-bond donors (Lipinski definition) is 1. The Bertz CT molecular complexity index is 151. The van der Waals surface area contributed by atoms with Crippen molar-refractivity contribution in [3.05, 3.63) is 0 Å². The van der Waals surface area contributed by atoms with E-state index in [1.165, 1.54) is 38.9 Å². The molecule has 1 aliphatic heterocycles. The third kappa shape index (κ3) is 5.50. The molecule has 0 aliphatic carbocycles. The van der Waals surface area contributed by atoms with Gasteiger partial charge in [-0.25, -0.2) is 0 Å². The number of rotatable bonds is 7. The highest BCUT2D eigenvalue weighted by Crippen LogP contribution is 2.10. The van der Waals surface area contributed by atoms with E-state index in [1.807, 2.05) is 0 Å². The maximum absolute atomic E-state index is 5.36. The second-order valence-electron chi connectivity index (χ2n) is 4.25. The van der Waals surface area contributed by atoms with Crippen LogP contribution in [0.5, 0.6) is 0 Å². The Morgan fingerprint density at radius 2 is 2.27 bits per heavy atom. The lowest BCUT2D eigenvalue weighted by Crippen LogP contribution is -2.45. The van der Waals surface area contributed by atoms with E-state index in [-0.39, 0.29) is 0 Å². The molecular formula is C12H26N2O. The molecule has 1 heterocycles. The molecule has 0 saturated carbocycles. The van der Waals surface area contributed by atoms with Crippen LogP contribution in [-0.4, -0.2) is 50.3 Å². The molecule has 0 aromatic carbocycles. The standard InChI is InChI=1S/C12H26N2O/c1-3-13-12-7-5-8-14(11-12)9-6-10-15-4-2/h12-13H,3-11H2,1-2H3. The summed E-state index contributed by atoms with van der Waals surface area (Å²) in [5.74, 6) is 0. The van der Waals surface area contributed by atoms with Gasteiger partial charge in [0.05, 0.1) is 0 Å². The summed E-state index contributed by atoms with van der Waals surface area (Å²) in [5, 5.41) is 3.54. The number of nitrogens with one attached hydrogen (secondary N) is 1. The van der Waals surface area contributed by atoms with Crippen molar-refractivity contribution in [2.45, 2.75) is 39.2 Å². The summed E-state index contributed by atoms with van der Waals surface area (Å²) in [6.07, 6.45) is 3.86. The van der Waals surface area contributed by atoms with Gasteiger partial charge in [0, 0.05) is 32.3 Å². The summed E-state index contributed by atoms with van der Waals surface area (Å²) in [6.45, 7) is 10.8. The molecule has 0 radical (unpaired) electrons. The van der Waals surface area contributed by atoms with Crippen molar-refractivity contribution in [3.8, 4) is 0 Å². The number of hydrogen-bond acceptors (Lipinski definition) is 3. The topological polar surface area (TPSA) is 24.5 Å². The molecule has 0 aromatic rings. The minimum absolute atomic E-state index is 0.718. The maximum Gasteiger partial charge on any atom is 0.0478 e. The van der Waals surface area contributed by atoms with Gasteiger partial charge in [-0.15, -0.1) is 0 Å². The fourth-order valence-electron chi connectivity index (χ4n) is 2.25. The van der Waals surface area contributed by atoms with E-state index in [2.05, 4.69) is 24.1 Å². The molecule has 0 aromatic heterocycles. The average molecular weight is 214 g/mol. The molecule has 1 rings (SSSR count). The highest BCUT2D eigenvalue weighted by molar-refractivity contribution is 4.77. The Balaban J connectivity index is 2.07. The molecule has 1 fully saturated rings. The van der Waals surface area contributed by atoms with E-state index in [0.29, 0.717) is 0 Å². The number of ether oxygens (including phenoxy) is 1. The molecule has 0 spiro atoms. The zero-order valence-electron chi connectivity index (χ0n) is 10.3. The molecule has 0 amide bonds. The van der Waals surface area contributed by atoms with Crippen LogP contribution in [0.25, 0.3) is 0 Å². The van der Waals surface area contributed by atoms with Crippen LogP contribution < -0.4 is 5.32 Å². The molecule has 1 unspecified atom stereocenters. The van der Waals surface area contributed by atoms with Gasteiger partial charge in [-0.3, -0.25) is 0 Å². The highest BCUT2D eigenvalue weighted by atomic mass is 16.5. The van der Waals surface area contributed by atoms with Crippen LogP contribution in [0.4, 0.5) is 0 Å². The van der Waals surface area contributed by atoms with Gasteiger partial charge in [0.1, 0.15) is 0 Å². The Labute approximate surface area is 94.2 Å². The van der Waals surface area contributed by atoms with Crippen molar-refractivity contribution < 1.29 is 4.74 Å². The number of piperidine rings is 1. The van der Waals surface area contributed by atoms with Crippen molar-refractivity contribution in [1.82, 2.24) is 10.2 Å². The molecule has 3 heteroatoms. The molecule has 1 atom stereocenters. The van der Waals surface area contributed by atoms with Gasteiger partial charge in [0.15, 0.2) is 0 Å². The second kappa shape index (κ2) is 8.08. The molecule has 1 aliphatic rings. The summed E-state index contributed by atoms with van der Waals surface area (Å²) < 4.78 is 5.36. The van der Waals surface area contributed by atoms with Crippen molar-refractivity contribution in [3.63, 3.8) is 0 Å². The fraction of sp³-hybridized carbons (Fsp3) is 1.00. The summed E-state index contributed by atoms with van der Waals surface area (Å²) in [7, 11) is 0. The van der Waals surface area contributed by atoms with E-state index >= 15 is 0 Å². The summed E-state index contributed by atoms with van der Waals surface area (Å²) in [6, 6.07) is 0.718. The third-order valence-corrected chi connectivity index (χ3v) is 2.97. The lowest BCUT2D eigenvalue weighted by molar-refractivity contribution is 0.122. The van der Waals surface area contributed by atoms with Gasteiger partial charge >= 0.3 is 0 Å². The smallest absolute Gasteiger partial charge is 0.0478 e. The molecule has 15 heavy (non-hydrogen) atoms. The SMILES string of the molecule is CCNC1CCCN(CCCOCC)C1. The highest BCUT2D eigenvalue weighted by Gasteiger charge is 2.17. The lowest BCUT2D eigenvalue weighted by Gasteiger charge is -2.33. The Hall–Kier alpha value is -0.120. The molecule has 90 valence electrons. The fourth-order valence-corrected chi connectivity index (χ4v) is 2.25. The maximum atomic E-state index is 5.36. The van der Waals surface area contributed by atoms with E-state index < -0.39 is 0 Å². The minimum atomic E-state index is 0.718. The summed E-state index contributed by atoms with van der Waals surface area (Å²) in [5.41, 5.74) is 0. The lowest BCUT2D eigenvalue weighted by atomic mass is 10.1. The first-order valence-electron chi connectivity index (χ1n) is 6.40. The van der Waals surface area contributed by atoms with Crippen molar-refractivity contribution in [2.75, 3.05) is 39.4 Å². The average Bonchev–Trinajstić information content (AvgIpc) is 2.26. The number of likely N-dealkylation sites (tertiary alicyclic amines) is 1. The van der Waals surface area contributed by atoms with Gasteiger partial charge < -0.3 is 15.0 Å². The van der Waals surface area contributed by atoms with Gasteiger partial charge in [-0.2, -0.15) is 0 Å². The third-order valence-electron chi connectivity index (χ3n) is 2.97. The normalized spacial score (nSPS) is 23.2. The Kier molecular flexibility index (Phi) is 6.98. The van der Waals surface area contributed by atoms with E-state index in [4.69, 9.17) is 4.74 Å². The van der Waals surface area contributed by atoms with E-state index in [1.54, 1.807) is 0 Å². The zero-order valence-corrected chi connectivity index (χ0v) is 10.3. The van der Waals surface area contributed by atoms with Crippen LogP contribution in [0.1, 0.15) is 33.1 Å². The number of nitrogens with zero attached hydrogens (tertiary/aromatic N) is 1. The van der Waals surface area contributed by atoms with Crippen LogP contribution in [0, 0.1) is 0 Å². The summed E-state index contributed by atoms with van der Waals surface area (Å²) >= 11 is 0.